The summed E-state index contributed by atoms with van der Waals surface area (Å²) in [7, 11) is 0. The van der Waals surface area contributed by atoms with Gasteiger partial charge in [0.15, 0.2) is 11.4 Å². The van der Waals surface area contributed by atoms with Crippen LogP contribution in [0.4, 0.5) is 4.39 Å². The largest absolute Gasteiger partial charge is 0.456 e. The number of hydrogen-bond acceptors (Lipinski definition) is 2. The highest BCUT2D eigenvalue weighted by molar-refractivity contribution is 5.84. The Balaban J connectivity index is 2.83. The van der Waals surface area contributed by atoms with Crippen LogP contribution in [0.5, 0.6) is 0 Å². The van der Waals surface area contributed by atoms with Crippen LogP contribution in [0.2, 0.25) is 0 Å². The van der Waals surface area contributed by atoms with Gasteiger partial charge in [0.05, 0.1) is 6.54 Å². The molecule has 0 aliphatic carbocycles. The third kappa shape index (κ3) is 1.52. The predicted octanol–water partition coefficient (Wildman–Crippen LogP) is 3.46. The minimum absolute atomic E-state index is 0.279. The van der Waals surface area contributed by atoms with E-state index in [1.807, 2.05) is 6.07 Å². The smallest absolute Gasteiger partial charge is 0.170 e. The molecule has 86 valence electrons. The Morgan fingerprint density at radius 2 is 2.06 bits per heavy atom. The third-order valence-corrected chi connectivity index (χ3v) is 2.87. The molecule has 1 aromatic heterocycles. The summed E-state index contributed by atoms with van der Waals surface area (Å²) in [5, 5.41) is 0.846. The SMILES string of the molecule is Cc1ccc2c(C(C)C)c(CN)oc2c1F. The summed E-state index contributed by atoms with van der Waals surface area (Å²) in [4.78, 5) is 0. The van der Waals surface area contributed by atoms with Crippen molar-refractivity contribution in [2.24, 2.45) is 5.73 Å². The lowest BCUT2D eigenvalue weighted by Crippen LogP contribution is -1.99. The first kappa shape index (κ1) is 11.1. The number of fused-ring (bicyclic) bond motifs is 1. The van der Waals surface area contributed by atoms with Gasteiger partial charge in [-0.05, 0) is 18.4 Å². The van der Waals surface area contributed by atoms with E-state index in [4.69, 9.17) is 10.2 Å². The second-order valence-corrected chi connectivity index (χ2v) is 4.37. The molecular weight excluding hydrogens is 205 g/mol. The number of halogens is 1. The van der Waals surface area contributed by atoms with Gasteiger partial charge in [-0.2, -0.15) is 0 Å². The molecule has 0 aliphatic rings. The normalized spacial score (nSPS) is 11.6. The Kier molecular flexibility index (Phi) is 2.72. The molecule has 3 heteroatoms. The quantitative estimate of drug-likeness (QED) is 0.843. The number of aryl methyl sites for hydroxylation is 1. The van der Waals surface area contributed by atoms with E-state index in [0.717, 1.165) is 10.9 Å². The summed E-state index contributed by atoms with van der Waals surface area (Å²) < 4.78 is 19.4. The van der Waals surface area contributed by atoms with E-state index in [9.17, 15) is 4.39 Å². The van der Waals surface area contributed by atoms with E-state index in [1.165, 1.54) is 0 Å². The van der Waals surface area contributed by atoms with Crippen molar-refractivity contribution in [3.63, 3.8) is 0 Å². The molecule has 0 saturated carbocycles. The summed E-state index contributed by atoms with van der Waals surface area (Å²) >= 11 is 0. The molecule has 0 fully saturated rings. The second-order valence-electron chi connectivity index (χ2n) is 4.37. The standard InChI is InChI=1S/C13H16FNO/c1-7(2)11-9-5-4-8(3)12(14)13(9)16-10(11)6-15/h4-5,7H,6,15H2,1-3H3. The van der Waals surface area contributed by atoms with E-state index >= 15 is 0 Å². The zero-order chi connectivity index (χ0) is 11.9. The van der Waals surface area contributed by atoms with Crippen LogP contribution in [-0.4, -0.2) is 0 Å². The summed E-state index contributed by atoms with van der Waals surface area (Å²) in [5.41, 5.74) is 7.58. The molecule has 0 bridgehead atoms. The highest BCUT2D eigenvalue weighted by atomic mass is 19.1. The summed E-state index contributed by atoms with van der Waals surface area (Å²) in [5.74, 6) is 0.690. The Morgan fingerprint density at radius 1 is 1.38 bits per heavy atom. The van der Waals surface area contributed by atoms with Crippen molar-refractivity contribution in [3.8, 4) is 0 Å². The Labute approximate surface area is 94.2 Å². The first-order valence-corrected chi connectivity index (χ1v) is 5.46. The maximum Gasteiger partial charge on any atom is 0.170 e. The van der Waals surface area contributed by atoms with Gasteiger partial charge in [-0.3, -0.25) is 0 Å². The molecule has 1 aromatic carbocycles. The van der Waals surface area contributed by atoms with Crippen LogP contribution in [0.3, 0.4) is 0 Å². The van der Waals surface area contributed by atoms with Gasteiger partial charge >= 0.3 is 0 Å². The number of benzene rings is 1. The molecule has 0 atom stereocenters. The molecule has 0 radical (unpaired) electrons. The van der Waals surface area contributed by atoms with Crippen LogP contribution in [0, 0.1) is 12.7 Å². The lowest BCUT2D eigenvalue weighted by Gasteiger charge is -2.04. The second kappa shape index (κ2) is 3.91. The van der Waals surface area contributed by atoms with E-state index in [2.05, 4.69) is 13.8 Å². The molecule has 2 N–H and O–H groups in total. The molecule has 0 aliphatic heterocycles. The fourth-order valence-corrected chi connectivity index (χ4v) is 2.08. The van der Waals surface area contributed by atoms with Crippen LogP contribution in [0.25, 0.3) is 11.0 Å². The van der Waals surface area contributed by atoms with Crippen molar-refractivity contribution in [2.75, 3.05) is 0 Å². The molecule has 2 rings (SSSR count). The van der Waals surface area contributed by atoms with E-state index in [1.54, 1.807) is 13.0 Å². The van der Waals surface area contributed by atoms with Crippen molar-refractivity contribution in [1.29, 1.82) is 0 Å². The molecular formula is C13H16FNO. The molecule has 0 unspecified atom stereocenters. The van der Waals surface area contributed by atoms with Gasteiger partial charge < -0.3 is 10.2 Å². The zero-order valence-corrected chi connectivity index (χ0v) is 9.80. The average Bonchev–Trinajstić information content (AvgIpc) is 2.62. The Bertz CT molecular complexity index is 528. The van der Waals surface area contributed by atoms with Crippen molar-refractivity contribution < 1.29 is 8.81 Å². The van der Waals surface area contributed by atoms with Crippen LogP contribution in [-0.2, 0) is 6.54 Å². The summed E-state index contributed by atoms with van der Waals surface area (Å²) in [6, 6.07) is 3.69. The van der Waals surface area contributed by atoms with Crippen LogP contribution in [0.1, 0.15) is 36.7 Å². The lowest BCUT2D eigenvalue weighted by molar-refractivity contribution is 0.513. The van der Waals surface area contributed by atoms with E-state index in [-0.39, 0.29) is 11.7 Å². The van der Waals surface area contributed by atoms with Crippen molar-refractivity contribution >= 4 is 11.0 Å². The summed E-state index contributed by atoms with van der Waals surface area (Å²) in [6.45, 7) is 6.15. The average molecular weight is 221 g/mol. The Hall–Kier alpha value is -1.35. The predicted molar refractivity (Wildman–Crippen MR) is 62.9 cm³/mol. The zero-order valence-electron chi connectivity index (χ0n) is 9.80. The van der Waals surface area contributed by atoms with Gasteiger partial charge in [0.25, 0.3) is 0 Å². The minimum Gasteiger partial charge on any atom is -0.456 e. The highest BCUT2D eigenvalue weighted by Crippen LogP contribution is 2.33. The van der Waals surface area contributed by atoms with Gasteiger partial charge in [0, 0.05) is 10.9 Å². The number of furan rings is 1. The Morgan fingerprint density at radius 3 is 2.62 bits per heavy atom. The first-order valence-electron chi connectivity index (χ1n) is 5.46. The highest BCUT2D eigenvalue weighted by Gasteiger charge is 2.19. The summed E-state index contributed by atoms with van der Waals surface area (Å²) in [6.07, 6.45) is 0. The topological polar surface area (TPSA) is 39.2 Å². The van der Waals surface area contributed by atoms with Gasteiger partial charge in [-0.25, -0.2) is 4.39 Å². The molecule has 0 spiro atoms. The maximum absolute atomic E-state index is 13.9. The fraction of sp³-hybridized carbons (Fsp3) is 0.385. The van der Waals surface area contributed by atoms with Crippen LogP contribution < -0.4 is 5.73 Å². The van der Waals surface area contributed by atoms with Crippen LogP contribution >= 0.6 is 0 Å². The van der Waals surface area contributed by atoms with E-state index in [0.29, 0.717) is 23.5 Å². The van der Waals surface area contributed by atoms with Crippen molar-refractivity contribution in [1.82, 2.24) is 0 Å². The molecule has 0 amide bonds. The van der Waals surface area contributed by atoms with Gasteiger partial charge in [-0.1, -0.05) is 26.0 Å². The van der Waals surface area contributed by atoms with Gasteiger partial charge in [-0.15, -0.1) is 0 Å². The monoisotopic (exact) mass is 221 g/mol. The molecule has 16 heavy (non-hydrogen) atoms. The minimum atomic E-state index is -0.279. The number of nitrogens with two attached hydrogens (primary N) is 1. The number of hydrogen-bond donors (Lipinski definition) is 1. The van der Waals surface area contributed by atoms with Crippen molar-refractivity contribution in [3.05, 3.63) is 34.8 Å². The maximum atomic E-state index is 13.9. The molecule has 0 saturated heterocycles. The lowest BCUT2D eigenvalue weighted by atomic mass is 9.98. The molecule has 2 aromatic rings. The third-order valence-electron chi connectivity index (χ3n) is 2.87. The van der Waals surface area contributed by atoms with Crippen LogP contribution in [0.15, 0.2) is 16.5 Å². The number of rotatable bonds is 2. The fourth-order valence-electron chi connectivity index (χ4n) is 2.08. The van der Waals surface area contributed by atoms with Gasteiger partial charge in [0.1, 0.15) is 5.76 Å². The van der Waals surface area contributed by atoms with Crippen molar-refractivity contribution in [2.45, 2.75) is 33.2 Å². The van der Waals surface area contributed by atoms with E-state index < -0.39 is 0 Å². The van der Waals surface area contributed by atoms with Gasteiger partial charge in [0.2, 0.25) is 0 Å². The molecule has 1 heterocycles. The first-order chi connectivity index (χ1) is 7.56. The molecule has 2 nitrogen and oxygen atoms in total.